The standard InChI is InChI=1S/C25H25N3OS3/c1-28-14-13-18-21(16-28)32-25(23(18)24-26-19-10-5-6-11-20(19)31-24)27-22(29)12-7-15-30-17-8-3-2-4-9-17/h2-6,8-11H,7,12-16H2,1H3,(H,27,29). The van der Waals surface area contributed by atoms with Gasteiger partial charge in [-0.1, -0.05) is 30.3 Å². The number of hydrogen-bond donors (Lipinski definition) is 1. The molecule has 0 unspecified atom stereocenters. The number of thiazole rings is 1. The number of para-hydroxylation sites is 1. The van der Waals surface area contributed by atoms with E-state index in [1.807, 2.05) is 12.1 Å². The van der Waals surface area contributed by atoms with Crippen molar-refractivity contribution in [1.29, 1.82) is 0 Å². The summed E-state index contributed by atoms with van der Waals surface area (Å²) in [5.74, 6) is 1.03. The Morgan fingerprint density at radius 2 is 1.94 bits per heavy atom. The summed E-state index contributed by atoms with van der Waals surface area (Å²) in [5, 5.41) is 5.22. The lowest BCUT2D eigenvalue weighted by Crippen LogP contribution is -2.25. The molecule has 7 heteroatoms. The summed E-state index contributed by atoms with van der Waals surface area (Å²) in [5.41, 5.74) is 3.53. The number of likely N-dealkylation sites (N-methyl/N-ethyl adjacent to an activating group) is 1. The molecule has 1 amide bonds. The van der Waals surface area contributed by atoms with E-state index in [0.29, 0.717) is 6.42 Å². The maximum atomic E-state index is 12.8. The monoisotopic (exact) mass is 479 g/mol. The Balaban J connectivity index is 1.33. The number of thioether (sulfide) groups is 1. The second-order valence-electron chi connectivity index (χ2n) is 8.00. The van der Waals surface area contributed by atoms with E-state index in [2.05, 4.69) is 59.7 Å². The molecule has 4 nitrogen and oxygen atoms in total. The van der Waals surface area contributed by atoms with Gasteiger partial charge in [-0.3, -0.25) is 4.79 Å². The van der Waals surface area contributed by atoms with E-state index in [1.54, 1.807) is 34.4 Å². The first-order valence-electron chi connectivity index (χ1n) is 10.8. The first-order chi connectivity index (χ1) is 15.7. The Morgan fingerprint density at radius 1 is 1.12 bits per heavy atom. The van der Waals surface area contributed by atoms with Gasteiger partial charge in [-0.25, -0.2) is 4.98 Å². The first-order valence-corrected chi connectivity index (χ1v) is 13.5. The summed E-state index contributed by atoms with van der Waals surface area (Å²) in [6.45, 7) is 1.97. The third kappa shape index (κ3) is 4.76. The molecule has 32 heavy (non-hydrogen) atoms. The summed E-state index contributed by atoms with van der Waals surface area (Å²) < 4.78 is 1.19. The highest BCUT2D eigenvalue weighted by molar-refractivity contribution is 7.99. The fraction of sp³-hybridized carbons (Fsp3) is 0.280. The highest BCUT2D eigenvalue weighted by atomic mass is 32.2. The molecule has 1 aliphatic rings. The van der Waals surface area contributed by atoms with Gasteiger partial charge in [-0.05, 0) is 55.5 Å². The minimum atomic E-state index is 0.0907. The quantitative estimate of drug-likeness (QED) is 0.242. The third-order valence-corrected chi connectivity index (χ3v) is 8.85. The van der Waals surface area contributed by atoms with Gasteiger partial charge in [0, 0.05) is 34.8 Å². The summed E-state index contributed by atoms with van der Waals surface area (Å²) in [7, 11) is 2.16. The number of aromatic nitrogens is 1. The number of nitrogens with zero attached hydrogens (tertiary/aromatic N) is 2. The van der Waals surface area contributed by atoms with Crippen molar-refractivity contribution < 1.29 is 4.79 Å². The molecule has 0 aliphatic carbocycles. The molecule has 0 saturated heterocycles. The van der Waals surface area contributed by atoms with Crippen LogP contribution in [-0.2, 0) is 17.8 Å². The van der Waals surface area contributed by atoms with Crippen molar-refractivity contribution >= 4 is 55.6 Å². The minimum Gasteiger partial charge on any atom is -0.317 e. The van der Waals surface area contributed by atoms with Crippen LogP contribution in [0, 0.1) is 0 Å². The molecule has 4 aromatic rings. The largest absolute Gasteiger partial charge is 0.317 e. The van der Waals surface area contributed by atoms with Gasteiger partial charge in [0.05, 0.1) is 10.2 Å². The Bertz CT molecular complexity index is 1200. The van der Waals surface area contributed by atoms with Gasteiger partial charge in [-0.15, -0.1) is 34.4 Å². The Morgan fingerprint density at radius 3 is 2.78 bits per heavy atom. The molecule has 0 saturated carbocycles. The Kier molecular flexibility index (Phi) is 6.59. The van der Waals surface area contributed by atoms with E-state index in [1.165, 1.54) is 20.0 Å². The molecular formula is C25H25N3OS3. The number of amides is 1. The lowest BCUT2D eigenvalue weighted by molar-refractivity contribution is -0.116. The lowest BCUT2D eigenvalue weighted by atomic mass is 10.0. The summed E-state index contributed by atoms with van der Waals surface area (Å²) in [4.78, 5) is 22.7. The zero-order valence-electron chi connectivity index (χ0n) is 18.0. The number of anilines is 1. The van der Waals surface area contributed by atoms with Crippen molar-refractivity contribution in [2.75, 3.05) is 24.7 Å². The lowest BCUT2D eigenvalue weighted by Gasteiger charge is -2.22. The molecule has 1 N–H and O–H groups in total. The van der Waals surface area contributed by atoms with Gasteiger partial charge in [-0.2, -0.15) is 0 Å². The van der Waals surface area contributed by atoms with Crippen LogP contribution in [-0.4, -0.2) is 35.1 Å². The van der Waals surface area contributed by atoms with Crippen LogP contribution in [0.4, 0.5) is 5.00 Å². The molecule has 164 valence electrons. The predicted molar refractivity (Wildman–Crippen MR) is 138 cm³/mol. The SMILES string of the molecule is CN1CCc2c(sc(NC(=O)CCCSc3ccccc3)c2-c2nc3ccccc3s2)C1. The molecular weight excluding hydrogens is 454 g/mol. The van der Waals surface area contributed by atoms with Crippen molar-refractivity contribution in [1.82, 2.24) is 9.88 Å². The van der Waals surface area contributed by atoms with E-state index in [4.69, 9.17) is 4.98 Å². The van der Waals surface area contributed by atoms with Gasteiger partial charge in [0.1, 0.15) is 10.0 Å². The van der Waals surface area contributed by atoms with Gasteiger partial charge < -0.3 is 10.2 Å². The molecule has 3 heterocycles. The topological polar surface area (TPSA) is 45.2 Å². The average molecular weight is 480 g/mol. The van der Waals surface area contributed by atoms with Crippen LogP contribution in [0.5, 0.6) is 0 Å². The molecule has 0 atom stereocenters. The van der Waals surface area contributed by atoms with Crippen molar-refractivity contribution in [3.8, 4) is 10.6 Å². The van der Waals surface area contributed by atoms with E-state index in [-0.39, 0.29) is 5.91 Å². The van der Waals surface area contributed by atoms with E-state index in [0.717, 1.165) is 52.8 Å². The van der Waals surface area contributed by atoms with Crippen LogP contribution in [0.1, 0.15) is 23.3 Å². The van der Waals surface area contributed by atoms with Crippen LogP contribution in [0.3, 0.4) is 0 Å². The highest BCUT2D eigenvalue weighted by Crippen LogP contribution is 2.45. The van der Waals surface area contributed by atoms with Gasteiger partial charge >= 0.3 is 0 Å². The summed E-state index contributed by atoms with van der Waals surface area (Å²) in [6.07, 6.45) is 2.38. The molecule has 5 rings (SSSR count). The maximum Gasteiger partial charge on any atom is 0.225 e. The molecule has 0 radical (unpaired) electrons. The van der Waals surface area contributed by atoms with Crippen molar-refractivity contribution in [2.24, 2.45) is 0 Å². The second kappa shape index (κ2) is 9.75. The fourth-order valence-corrected chi connectivity index (χ4v) is 7.28. The van der Waals surface area contributed by atoms with Gasteiger partial charge in [0.2, 0.25) is 5.91 Å². The number of rotatable bonds is 7. The van der Waals surface area contributed by atoms with Gasteiger partial charge in [0.25, 0.3) is 0 Å². The van der Waals surface area contributed by atoms with E-state index in [9.17, 15) is 4.79 Å². The number of fused-ring (bicyclic) bond motifs is 2. The average Bonchev–Trinajstić information content (AvgIpc) is 3.37. The zero-order valence-corrected chi connectivity index (χ0v) is 20.4. The molecule has 0 fully saturated rings. The summed E-state index contributed by atoms with van der Waals surface area (Å²) >= 11 is 5.24. The fourth-order valence-electron chi connectivity index (χ4n) is 3.95. The number of benzene rings is 2. The van der Waals surface area contributed by atoms with Crippen LogP contribution in [0.25, 0.3) is 20.8 Å². The minimum absolute atomic E-state index is 0.0907. The van der Waals surface area contributed by atoms with Crippen LogP contribution >= 0.6 is 34.4 Å². The molecule has 0 spiro atoms. The first kappa shape index (κ1) is 21.6. The van der Waals surface area contributed by atoms with Crippen molar-refractivity contribution in [2.45, 2.75) is 30.7 Å². The normalized spacial score (nSPS) is 13.9. The Hall–Kier alpha value is -2.19. The van der Waals surface area contributed by atoms with Crippen LogP contribution in [0.15, 0.2) is 59.5 Å². The maximum absolute atomic E-state index is 12.8. The van der Waals surface area contributed by atoms with E-state index < -0.39 is 0 Å². The second-order valence-corrected chi connectivity index (χ2v) is 11.3. The van der Waals surface area contributed by atoms with Crippen molar-refractivity contribution in [3.63, 3.8) is 0 Å². The van der Waals surface area contributed by atoms with Crippen LogP contribution < -0.4 is 5.32 Å². The summed E-state index contributed by atoms with van der Waals surface area (Å²) in [6, 6.07) is 18.6. The molecule has 1 aliphatic heterocycles. The Labute approximate surface area is 200 Å². The molecule has 0 bridgehead atoms. The number of carbonyl (C=O) groups excluding carboxylic acids is 1. The molecule has 2 aromatic carbocycles. The number of carbonyl (C=O) groups is 1. The number of thiophene rings is 1. The zero-order chi connectivity index (χ0) is 21.9. The highest BCUT2D eigenvalue weighted by Gasteiger charge is 2.26. The number of nitrogens with one attached hydrogen (secondary N) is 1. The van der Waals surface area contributed by atoms with Gasteiger partial charge in [0.15, 0.2) is 0 Å². The molecule has 2 aromatic heterocycles. The van der Waals surface area contributed by atoms with E-state index >= 15 is 0 Å². The van der Waals surface area contributed by atoms with Crippen LogP contribution in [0.2, 0.25) is 0 Å². The smallest absolute Gasteiger partial charge is 0.225 e. The van der Waals surface area contributed by atoms with Crippen molar-refractivity contribution in [3.05, 3.63) is 65.0 Å². The third-order valence-electron chi connectivity index (χ3n) is 5.57. The number of hydrogen-bond acceptors (Lipinski definition) is 6. The predicted octanol–water partition coefficient (Wildman–Crippen LogP) is 6.52.